The summed E-state index contributed by atoms with van der Waals surface area (Å²) in [4.78, 5) is 38.4. The summed E-state index contributed by atoms with van der Waals surface area (Å²) in [5.41, 5.74) is 0. The van der Waals surface area contributed by atoms with Crippen LogP contribution < -0.4 is 0 Å². The van der Waals surface area contributed by atoms with Crippen LogP contribution in [-0.4, -0.2) is 37.2 Å². The van der Waals surface area contributed by atoms with Crippen molar-refractivity contribution >= 4 is 17.9 Å². The highest BCUT2D eigenvalue weighted by atomic mass is 16.6. The second-order valence-corrected chi connectivity index (χ2v) is 23.0. The molecule has 6 nitrogen and oxygen atoms in total. The number of carbonyl (C=O) groups is 3. The number of esters is 3. The Morgan fingerprint density at radius 3 is 0.753 bits per heavy atom. The third-order valence-electron chi connectivity index (χ3n) is 15.1. The van der Waals surface area contributed by atoms with Crippen LogP contribution in [-0.2, 0) is 28.6 Å². The predicted octanol–water partition coefficient (Wildman–Crippen LogP) is 24.0. The van der Waals surface area contributed by atoms with Gasteiger partial charge in [-0.05, 0) is 96.3 Å². The van der Waals surface area contributed by atoms with E-state index in [1.54, 1.807) is 0 Å². The van der Waals surface area contributed by atoms with Gasteiger partial charge < -0.3 is 14.2 Å². The lowest BCUT2D eigenvalue weighted by Crippen LogP contribution is -2.30. The van der Waals surface area contributed by atoms with Gasteiger partial charge in [0.1, 0.15) is 13.2 Å². The van der Waals surface area contributed by atoms with Crippen LogP contribution in [0.5, 0.6) is 0 Å². The van der Waals surface area contributed by atoms with Crippen molar-refractivity contribution in [3.05, 3.63) is 97.2 Å². The maximum absolute atomic E-state index is 12.9. The van der Waals surface area contributed by atoms with Crippen LogP contribution >= 0.6 is 0 Å². The van der Waals surface area contributed by atoms with E-state index in [1.165, 1.54) is 173 Å². The second-order valence-electron chi connectivity index (χ2n) is 23.0. The molecule has 81 heavy (non-hydrogen) atoms. The molecule has 0 aromatic heterocycles. The number of carbonyl (C=O) groups excluding carboxylic acids is 3. The van der Waals surface area contributed by atoms with E-state index < -0.39 is 6.10 Å². The van der Waals surface area contributed by atoms with Gasteiger partial charge in [0.25, 0.3) is 0 Å². The van der Waals surface area contributed by atoms with Crippen LogP contribution in [0.25, 0.3) is 0 Å². The largest absolute Gasteiger partial charge is 0.462 e. The maximum atomic E-state index is 12.9. The smallest absolute Gasteiger partial charge is 0.306 e. The van der Waals surface area contributed by atoms with Gasteiger partial charge in [0.05, 0.1) is 0 Å². The van der Waals surface area contributed by atoms with Crippen molar-refractivity contribution in [3.8, 4) is 0 Å². The van der Waals surface area contributed by atoms with Crippen molar-refractivity contribution in [2.24, 2.45) is 0 Å². The molecule has 6 heteroatoms. The minimum atomic E-state index is -0.784. The first-order chi connectivity index (χ1) is 40.0. The topological polar surface area (TPSA) is 78.9 Å². The molecule has 0 aliphatic carbocycles. The molecule has 0 saturated carbocycles. The molecule has 0 N–H and O–H groups in total. The summed E-state index contributed by atoms with van der Waals surface area (Å²) in [6.07, 6.45) is 93.0. The fourth-order valence-electron chi connectivity index (χ4n) is 9.96. The lowest BCUT2D eigenvalue weighted by Gasteiger charge is -2.18. The molecule has 0 heterocycles. The molecule has 0 bridgehead atoms. The molecule has 0 spiro atoms. The van der Waals surface area contributed by atoms with Crippen molar-refractivity contribution in [2.45, 2.75) is 348 Å². The highest BCUT2D eigenvalue weighted by molar-refractivity contribution is 5.71. The van der Waals surface area contributed by atoms with Gasteiger partial charge in [0, 0.05) is 19.3 Å². The first-order valence-corrected chi connectivity index (χ1v) is 34.7. The molecule has 0 aromatic carbocycles. The van der Waals surface area contributed by atoms with Crippen LogP contribution in [0.15, 0.2) is 97.2 Å². The van der Waals surface area contributed by atoms with E-state index in [0.717, 1.165) is 128 Å². The number of rotatable bonds is 63. The second kappa shape index (κ2) is 68.8. The Bertz CT molecular complexity index is 1580. The molecule has 0 fully saturated rings. The monoisotopic (exact) mass is 1130 g/mol. The average molecular weight is 1130 g/mol. The van der Waals surface area contributed by atoms with Crippen LogP contribution in [0.1, 0.15) is 342 Å². The highest BCUT2D eigenvalue weighted by Gasteiger charge is 2.19. The van der Waals surface area contributed by atoms with E-state index >= 15 is 0 Å². The lowest BCUT2D eigenvalue weighted by molar-refractivity contribution is -0.167. The van der Waals surface area contributed by atoms with Crippen LogP contribution in [0.3, 0.4) is 0 Å². The van der Waals surface area contributed by atoms with Crippen molar-refractivity contribution in [3.63, 3.8) is 0 Å². The van der Waals surface area contributed by atoms with Crippen LogP contribution in [0.4, 0.5) is 0 Å². The van der Waals surface area contributed by atoms with Gasteiger partial charge in [0.2, 0.25) is 0 Å². The molecule has 1 unspecified atom stereocenters. The zero-order chi connectivity index (χ0) is 58.5. The SMILES string of the molecule is CC/C=C\C/C=C\C/C=C\C/C=C\C/C=C\CCCCCCCCCCCCCCCCCCCC(=O)OCC(COC(=O)CCCCCCCCCCCCCCCCC)OC(=O)CCCCCCC/C=C\C/C=C\C/C=C\CC. The molecular formula is C75H130O6. The number of hydrogen-bond acceptors (Lipinski definition) is 6. The normalized spacial score (nSPS) is 12.7. The summed E-state index contributed by atoms with van der Waals surface area (Å²) in [5, 5.41) is 0. The molecular weight excluding hydrogens is 997 g/mol. The van der Waals surface area contributed by atoms with E-state index in [0.29, 0.717) is 19.3 Å². The molecule has 0 amide bonds. The van der Waals surface area contributed by atoms with Gasteiger partial charge in [-0.3, -0.25) is 14.4 Å². The first kappa shape index (κ1) is 77.3. The summed E-state index contributed by atoms with van der Waals surface area (Å²) >= 11 is 0. The molecule has 0 rings (SSSR count). The molecule has 0 aliphatic rings. The summed E-state index contributed by atoms with van der Waals surface area (Å²) < 4.78 is 16.9. The minimum absolute atomic E-state index is 0.0792. The zero-order valence-corrected chi connectivity index (χ0v) is 53.5. The van der Waals surface area contributed by atoms with Crippen molar-refractivity contribution < 1.29 is 28.6 Å². The Morgan fingerprint density at radius 2 is 0.481 bits per heavy atom. The van der Waals surface area contributed by atoms with E-state index in [9.17, 15) is 14.4 Å². The fraction of sp³-hybridized carbons (Fsp3) is 0.747. The molecule has 1 atom stereocenters. The third-order valence-corrected chi connectivity index (χ3v) is 15.1. The minimum Gasteiger partial charge on any atom is -0.462 e. The Balaban J connectivity index is 4.18. The maximum Gasteiger partial charge on any atom is 0.306 e. The first-order valence-electron chi connectivity index (χ1n) is 34.7. The molecule has 0 radical (unpaired) electrons. The fourth-order valence-corrected chi connectivity index (χ4v) is 9.96. The Morgan fingerprint density at radius 1 is 0.259 bits per heavy atom. The van der Waals surface area contributed by atoms with Gasteiger partial charge >= 0.3 is 17.9 Å². The summed E-state index contributed by atoms with van der Waals surface area (Å²) in [5.74, 6) is -0.879. The standard InChI is InChI=1S/C75H130O6/c1-4-7-10-13-16-19-22-25-28-29-30-31-32-33-34-35-36-37-38-39-40-41-42-43-44-45-48-50-53-56-59-62-65-68-74(77)80-71-72(81-75(78)69-66-63-60-57-54-51-47-27-24-21-18-15-12-9-6-3)70-79-73(76)67-64-61-58-55-52-49-46-26-23-20-17-14-11-8-5-2/h7,9-10,12,16,18-19,21,25,27-28,30-31,33-34,47,72H,4-6,8,11,13-15,17,20,22-24,26,29,32,35-46,48-71H2,1-3H3/b10-7-,12-9-,19-16-,21-18-,28-25-,31-30-,34-33-,47-27-. The van der Waals surface area contributed by atoms with Crippen molar-refractivity contribution in [2.75, 3.05) is 13.2 Å². The Labute approximate surface area is 502 Å². The van der Waals surface area contributed by atoms with Gasteiger partial charge in [-0.1, -0.05) is 323 Å². The van der Waals surface area contributed by atoms with Crippen LogP contribution in [0, 0.1) is 0 Å². The number of allylic oxidation sites excluding steroid dienone is 16. The number of ether oxygens (including phenoxy) is 3. The predicted molar refractivity (Wildman–Crippen MR) is 353 cm³/mol. The molecule has 0 aromatic rings. The van der Waals surface area contributed by atoms with E-state index in [4.69, 9.17) is 14.2 Å². The van der Waals surface area contributed by atoms with E-state index in [-0.39, 0.29) is 31.1 Å². The zero-order valence-electron chi connectivity index (χ0n) is 53.5. The third kappa shape index (κ3) is 67.0. The van der Waals surface area contributed by atoms with Crippen molar-refractivity contribution in [1.29, 1.82) is 0 Å². The van der Waals surface area contributed by atoms with Gasteiger partial charge in [0.15, 0.2) is 6.10 Å². The molecule has 466 valence electrons. The van der Waals surface area contributed by atoms with Gasteiger partial charge in [-0.15, -0.1) is 0 Å². The van der Waals surface area contributed by atoms with Crippen molar-refractivity contribution in [1.82, 2.24) is 0 Å². The van der Waals surface area contributed by atoms with Crippen LogP contribution in [0.2, 0.25) is 0 Å². The Hall–Kier alpha value is -3.67. The summed E-state index contributed by atoms with van der Waals surface area (Å²) in [6.45, 7) is 6.44. The molecule has 0 aliphatic heterocycles. The Kier molecular flexibility index (Phi) is 65.7. The highest BCUT2D eigenvalue weighted by Crippen LogP contribution is 2.18. The summed E-state index contributed by atoms with van der Waals surface area (Å²) in [6, 6.07) is 0. The van der Waals surface area contributed by atoms with Gasteiger partial charge in [-0.25, -0.2) is 0 Å². The van der Waals surface area contributed by atoms with E-state index in [2.05, 4.69) is 118 Å². The lowest BCUT2D eigenvalue weighted by atomic mass is 10.0. The van der Waals surface area contributed by atoms with Gasteiger partial charge in [-0.2, -0.15) is 0 Å². The molecule has 0 saturated heterocycles. The number of hydrogen-bond donors (Lipinski definition) is 0. The van der Waals surface area contributed by atoms with E-state index in [1.807, 2.05) is 0 Å². The summed E-state index contributed by atoms with van der Waals surface area (Å²) in [7, 11) is 0. The number of unbranched alkanes of at least 4 members (excludes halogenated alkanes) is 36. The quantitative estimate of drug-likeness (QED) is 0.0261. The average Bonchev–Trinajstić information content (AvgIpc) is 3.47.